The molecule has 0 aliphatic carbocycles. The Morgan fingerprint density at radius 1 is 1.03 bits per heavy atom. The average molecular weight is 519 g/mol. The first-order chi connectivity index (χ1) is 16.6. The fourth-order valence-corrected chi connectivity index (χ4v) is 5.12. The maximum Gasteiger partial charge on any atom is 0.290 e. The molecule has 4 rings (SSSR count). The lowest BCUT2D eigenvalue weighted by Crippen LogP contribution is -2.65. The van der Waals surface area contributed by atoms with Gasteiger partial charge in [-0.1, -0.05) is 23.2 Å². The zero-order chi connectivity index (χ0) is 25.6. The first-order valence-corrected chi connectivity index (χ1v) is 12.1. The molecule has 1 N–H and O–H groups in total. The second-order valence-corrected chi connectivity index (χ2v) is 9.76. The number of methoxy groups -OCH3 is 1. The molecule has 10 heteroatoms. The van der Waals surface area contributed by atoms with Crippen LogP contribution in [0.4, 0.5) is 5.69 Å². The summed E-state index contributed by atoms with van der Waals surface area (Å²) in [6.45, 7) is 8.27. The maximum atomic E-state index is 13.7. The number of piperazine rings is 1. The van der Waals surface area contributed by atoms with E-state index in [1.165, 1.54) is 19.5 Å². The number of aromatic nitrogens is 1. The van der Waals surface area contributed by atoms with Gasteiger partial charge in [0.2, 0.25) is 0 Å². The third kappa shape index (κ3) is 4.35. The maximum absolute atomic E-state index is 13.7. The lowest BCUT2D eigenvalue weighted by atomic mass is 9.95. The van der Waals surface area contributed by atoms with Crippen LogP contribution in [-0.2, 0) is 0 Å². The number of benzene rings is 1. The molecule has 3 heterocycles. The molecule has 1 saturated heterocycles. The zero-order valence-corrected chi connectivity index (χ0v) is 21.9. The van der Waals surface area contributed by atoms with Gasteiger partial charge >= 0.3 is 0 Å². The van der Waals surface area contributed by atoms with Gasteiger partial charge in [0, 0.05) is 41.9 Å². The number of hydrogen-bond donors (Lipinski definition) is 1. The Balaban J connectivity index is 1.75. The van der Waals surface area contributed by atoms with E-state index >= 15 is 0 Å². The Morgan fingerprint density at radius 3 is 2.20 bits per heavy atom. The first kappa shape index (κ1) is 25.3. The molecule has 2 amide bonds. The molecule has 1 aliphatic heterocycles. The number of hydrogen-bond acceptors (Lipinski definition) is 6. The summed E-state index contributed by atoms with van der Waals surface area (Å²) in [6.07, 6.45) is 2.78. The minimum atomic E-state index is -0.462. The minimum Gasteiger partial charge on any atom is -0.493 e. The number of halogens is 2. The summed E-state index contributed by atoms with van der Waals surface area (Å²) in [6, 6.07) is 5.09. The summed E-state index contributed by atoms with van der Waals surface area (Å²) in [5.74, 6) is -0.143. The van der Waals surface area contributed by atoms with Gasteiger partial charge < -0.3 is 19.4 Å². The molecular formula is C25H28Cl2N4O4. The number of carbonyl (C=O) groups excluding carboxylic acids is 2. The van der Waals surface area contributed by atoms with E-state index in [-0.39, 0.29) is 57.1 Å². The van der Waals surface area contributed by atoms with Crippen LogP contribution < -0.4 is 10.1 Å². The van der Waals surface area contributed by atoms with Gasteiger partial charge in [-0.05, 0) is 52.9 Å². The normalized spacial score (nSPS) is 22.9. The van der Waals surface area contributed by atoms with E-state index in [1.54, 1.807) is 18.2 Å². The van der Waals surface area contributed by atoms with Gasteiger partial charge in [-0.25, -0.2) is 0 Å². The highest BCUT2D eigenvalue weighted by Crippen LogP contribution is 2.35. The number of furan rings is 1. The molecule has 4 atom stereocenters. The summed E-state index contributed by atoms with van der Waals surface area (Å²) in [5.41, 5.74) is 0.847. The van der Waals surface area contributed by atoms with E-state index in [9.17, 15) is 9.59 Å². The van der Waals surface area contributed by atoms with Crippen molar-refractivity contribution in [2.75, 3.05) is 19.5 Å². The Morgan fingerprint density at radius 2 is 1.63 bits per heavy atom. The van der Waals surface area contributed by atoms with Gasteiger partial charge in [0.25, 0.3) is 11.8 Å². The van der Waals surface area contributed by atoms with Crippen LogP contribution in [0.1, 0.15) is 48.6 Å². The second-order valence-electron chi connectivity index (χ2n) is 8.94. The van der Waals surface area contributed by atoms with Crippen molar-refractivity contribution in [2.45, 2.75) is 51.9 Å². The van der Waals surface area contributed by atoms with Crippen LogP contribution in [-0.4, -0.2) is 64.9 Å². The molecule has 0 saturated carbocycles. The van der Waals surface area contributed by atoms with Gasteiger partial charge in [-0.2, -0.15) is 0 Å². The fraction of sp³-hybridized carbons (Fsp3) is 0.400. The number of pyridine rings is 1. The number of likely N-dealkylation sites (N-methyl/N-ethyl adjacent to an activating group) is 1. The summed E-state index contributed by atoms with van der Waals surface area (Å²) in [5, 5.41) is 3.59. The SMILES string of the molecule is COc1ccc(C(=O)Nc2c(Cl)cncc2Cl)c2cc(C(=O)N3C(C)C(C)N(C)C(C)C3C)oc12. The van der Waals surface area contributed by atoms with Gasteiger partial charge in [-0.15, -0.1) is 0 Å². The highest BCUT2D eigenvalue weighted by atomic mass is 35.5. The molecule has 35 heavy (non-hydrogen) atoms. The first-order valence-electron chi connectivity index (χ1n) is 11.3. The van der Waals surface area contributed by atoms with E-state index in [0.717, 1.165) is 0 Å². The van der Waals surface area contributed by atoms with Crippen LogP contribution in [0.2, 0.25) is 10.0 Å². The van der Waals surface area contributed by atoms with Crippen molar-refractivity contribution in [1.82, 2.24) is 14.8 Å². The molecule has 8 nitrogen and oxygen atoms in total. The molecule has 1 fully saturated rings. The standard InChI is InChI=1S/C25H28Cl2N4O4/c1-12-14(3)31(15(4)13(2)30(12)5)25(33)21-9-17-16(7-8-20(34-6)23(17)35-21)24(32)29-22-18(26)10-28-11-19(22)27/h7-15H,1-6H3,(H,28,29,32). The molecule has 1 aromatic carbocycles. The topological polar surface area (TPSA) is 87.9 Å². The number of fused-ring (bicyclic) bond motifs is 1. The van der Waals surface area contributed by atoms with Crippen LogP contribution in [0, 0.1) is 0 Å². The highest BCUT2D eigenvalue weighted by molar-refractivity contribution is 6.39. The molecular weight excluding hydrogens is 491 g/mol. The number of nitrogens with one attached hydrogen (secondary N) is 1. The van der Waals surface area contributed by atoms with Crippen molar-refractivity contribution in [3.8, 4) is 5.75 Å². The Hall–Kier alpha value is -2.81. The third-order valence-corrected chi connectivity index (χ3v) is 7.78. The van der Waals surface area contributed by atoms with Crippen LogP contribution in [0.25, 0.3) is 11.0 Å². The molecule has 0 bridgehead atoms. The molecule has 0 spiro atoms. The zero-order valence-electron chi connectivity index (χ0n) is 20.4. The van der Waals surface area contributed by atoms with Crippen LogP contribution >= 0.6 is 23.2 Å². The molecule has 186 valence electrons. The number of carbonyl (C=O) groups is 2. The number of rotatable bonds is 4. The van der Waals surface area contributed by atoms with Gasteiger partial charge in [0.05, 0.1) is 28.4 Å². The Bertz CT molecular complexity index is 1260. The number of anilines is 1. The van der Waals surface area contributed by atoms with Gasteiger partial charge in [-0.3, -0.25) is 19.5 Å². The van der Waals surface area contributed by atoms with Crippen molar-refractivity contribution in [3.63, 3.8) is 0 Å². The smallest absolute Gasteiger partial charge is 0.290 e. The van der Waals surface area contributed by atoms with E-state index in [1.807, 2.05) is 18.7 Å². The molecule has 0 radical (unpaired) electrons. The molecule has 2 aromatic heterocycles. The monoisotopic (exact) mass is 518 g/mol. The second kappa shape index (κ2) is 9.68. The Labute approximate surface area is 214 Å². The third-order valence-electron chi connectivity index (χ3n) is 7.21. The fourth-order valence-electron chi connectivity index (χ4n) is 4.66. The van der Waals surface area contributed by atoms with Gasteiger partial charge in [0.1, 0.15) is 0 Å². The van der Waals surface area contributed by atoms with Gasteiger partial charge in [0.15, 0.2) is 17.1 Å². The summed E-state index contributed by atoms with van der Waals surface area (Å²) in [4.78, 5) is 34.9. The van der Waals surface area contributed by atoms with Crippen molar-refractivity contribution < 1.29 is 18.7 Å². The predicted molar refractivity (Wildman–Crippen MR) is 137 cm³/mol. The summed E-state index contributed by atoms with van der Waals surface area (Å²) in [7, 11) is 3.57. The van der Waals surface area contributed by atoms with E-state index < -0.39 is 5.91 Å². The number of nitrogens with zero attached hydrogens (tertiary/aromatic N) is 3. The van der Waals surface area contributed by atoms with E-state index in [0.29, 0.717) is 16.7 Å². The van der Waals surface area contributed by atoms with Crippen molar-refractivity contribution in [3.05, 3.63) is 52.0 Å². The van der Waals surface area contributed by atoms with E-state index in [2.05, 4.69) is 36.1 Å². The lowest BCUT2D eigenvalue weighted by molar-refractivity contribution is -0.0163. The quantitative estimate of drug-likeness (QED) is 0.501. The predicted octanol–water partition coefficient (Wildman–Crippen LogP) is 5.34. The highest BCUT2D eigenvalue weighted by Gasteiger charge is 2.41. The largest absolute Gasteiger partial charge is 0.493 e. The average Bonchev–Trinajstić information content (AvgIpc) is 3.29. The molecule has 3 aromatic rings. The van der Waals surface area contributed by atoms with Crippen LogP contribution in [0.3, 0.4) is 0 Å². The lowest BCUT2D eigenvalue weighted by Gasteiger charge is -2.51. The van der Waals surface area contributed by atoms with Crippen molar-refractivity contribution in [2.24, 2.45) is 0 Å². The number of amides is 2. The van der Waals surface area contributed by atoms with Crippen molar-refractivity contribution >= 4 is 51.7 Å². The van der Waals surface area contributed by atoms with Crippen LogP contribution in [0.5, 0.6) is 5.75 Å². The molecule has 1 aliphatic rings. The number of ether oxygens (including phenoxy) is 1. The van der Waals surface area contributed by atoms with Crippen LogP contribution in [0.15, 0.2) is 35.0 Å². The Kier molecular flexibility index (Phi) is 6.99. The van der Waals surface area contributed by atoms with Crippen molar-refractivity contribution in [1.29, 1.82) is 0 Å². The summed E-state index contributed by atoms with van der Waals surface area (Å²) < 4.78 is 11.5. The van der Waals surface area contributed by atoms with E-state index in [4.69, 9.17) is 32.4 Å². The molecule has 4 unspecified atom stereocenters. The minimum absolute atomic E-state index is 0.0347. The summed E-state index contributed by atoms with van der Waals surface area (Å²) >= 11 is 12.3.